The Morgan fingerprint density at radius 3 is 2.15 bits per heavy atom. The Bertz CT molecular complexity index is 625. The molecule has 0 spiro atoms. The zero-order valence-electron chi connectivity index (χ0n) is 15.9. The van der Waals surface area contributed by atoms with E-state index in [0.717, 1.165) is 25.2 Å². The molecule has 1 amide bonds. The van der Waals surface area contributed by atoms with Crippen LogP contribution in [0.25, 0.3) is 11.1 Å². The number of carbonyl (C=O) groups excluding carboxylic acids is 1. The second kappa shape index (κ2) is 10.8. The molecule has 0 heterocycles. The van der Waals surface area contributed by atoms with Crippen LogP contribution in [0, 0.1) is 0 Å². The highest BCUT2D eigenvalue weighted by atomic mass is 16.7. The van der Waals surface area contributed by atoms with Gasteiger partial charge in [0.15, 0.2) is 0 Å². The molecule has 2 rings (SSSR count). The van der Waals surface area contributed by atoms with E-state index in [4.69, 9.17) is 9.68 Å². The molecule has 0 aliphatic heterocycles. The lowest BCUT2D eigenvalue weighted by molar-refractivity contribution is -0.134. The van der Waals surface area contributed by atoms with Gasteiger partial charge >= 0.3 is 0 Å². The van der Waals surface area contributed by atoms with Crippen molar-refractivity contribution in [2.75, 3.05) is 37.7 Å². The summed E-state index contributed by atoms with van der Waals surface area (Å²) >= 11 is 0. The van der Waals surface area contributed by atoms with Crippen LogP contribution in [0.15, 0.2) is 36.4 Å². The van der Waals surface area contributed by atoms with E-state index >= 15 is 0 Å². The van der Waals surface area contributed by atoms with Gasteiger partial charge in [-0.05, 0) is 42.7 Å². The van der Waals surface area contributed by atoms with Crippen molar-refractivity contribution in [1.29, 1.82) is 0 Å². The van der Waals surface area contributed by atoms with Crippen LogP contribution in [0.4, 0.5) is 5.69 Å². The highest BCUT2D eigenvalue weighted by Crippen LogP contribution is 2.30. The molecule has 0 unspecified atom stereocenters. The molecule has 0 aromatic rings. The summed E-state index contributed by atoms with van der Waals surface area (Å²) in [6, 6.07) is 12.5. The molecule has 6 nitrogen and oxygen atoms in total. The summed E-state index contributed by atoms with van der Waals surface area (Å²) < 4.78 is 0. The highest BCUT2D eigenvalue weighted by molar-refractivity contribution is 5.79. The van der Waals surface area contributed by atoms with Gasteiger partial charge in [-0.2, -0.15) is 0 Å². The van der Waals surface area contributed by atoms with Crippen molar-refractivity contribution in [3.63, 3.8) is 0 Å². The van der Waals surface area contributed by atoms with Crippen LogP contribution < -0.4 is 15.9 Å². The Labute approximate surface area is 155 Å². The molecule has 0 bridgehead atoms. The van der Waals surface area contributed by atoms with Crippen molar-refractivity contribution in [2.45, 2.75) is 27.2 Å². The average Bonchev–Trinajstić information content (AvgIpc) is 2.95. The summed E-state index contributed by atoms with van der Waals surface area (Å²) in [4.78, 5) is 24.4. The molecule has 0 atom stereocenters. The van der Waals surface area contributed by atoms with E-state index in [0.29, 0.717) is 13.2 Å². The minimum absolute atomic E-state index is 0.178. The maximum Gasteiger partial charge on any atom is 0.247 e. The standard InChI is InChI=1S/C20H29N3O3/c1-4-21-25-11-12-26-22-20(24)13-16-7-9-17-14-19(23(5-2)6-3)15-18(17)10-8-16/h7-10,14-15,21H,4-6,11-13H2,1-3H3,(H,22,24). The fraction of sp³-hybridized carbons (Fsp3) is 0.450. The predicted octanol–water partition coefficient (Wildman–Crippen LogP) is 2.77. The molecule has 0 fully saturated rings. The molecule has 2 N–H and O–H groups in total. The Morgan fingerprint density at radius 2 is 1.58 bits per heavy atom. The first-order valence-electron chi connectivity index (χ1n) is 9.20. The summed E-state index contributed by atoms with van der Waals surface area (Å²) in [5.41, 5.74) is 9.69. The van der Waals surface area contributed by atoms with Gasteiger partial charge in [0.05, 0.1) is 13.0 Å². The van der Waals surface area contributed by atoms with Gasteiger partial charge in [-0.1, -0.05) is 31.2 Å². The third kappa shape index (κ3) is 5.98. The van der Waals surface area contributed by atoms with Crippen LogP contribution in [0.2, 0.25) is 0 Å². The number of hydrogen-bond acceptors (Lipinski definition) is 5. The Hall–Kier alpha value is -2.15. The number of carbonyl (C=O) groups is 1. The molecule has 142 valence electrons. The van der Waals surface area contributed by atoms with Gasteiger partial charge in [0.1, 0.15) is 6.61 Å². The van der Waals surface area contributed by atoms with Gasteiger partial charge in [-0.3, -0.25) is 14.5 Å². The summed E-state index contributed by atoms with van der Waals surface area (Å²) in [5, 5.41) is 0. The second-order valence-corrected chi connectivity index (χ2v) is 5.93. The molecule has 0 radical (unpaired) electrons. The van der Waals surface area contributed by atoms with E-state index < -0.39 is 0 Å². The van der Waals surface area contributed by atoms with E-state index in [1.807, 2.05) is 19.1 Å². The molecule has 0 saturated carbocycles. The number of anilines is 1. The van der Waals surface area contributed by atoms with Gasteiger partial charge in [0.25, 0.3) is 0 Å². The highest BCUT2D eigenvalue weighted by Gasteiger charge is 2.10. The maximum atomic E-state index is 12.0. The molecule has 2 aliphatic carbocycles. The number of nitrogens with one attached hydrogen (secondary N) is 2. The molecule has 2 aliphatic rings. The smallest absolute Gasteiger partial charge is 0.247 e. The minimum Gasteiger partial charge on any atom is -0.372 e. The first-order chi connectivity index (χ1) is 12.7. The second-order valence-electron chi connectivity index (χ2n) is 5.93. The summed E-state index contributed by atoms with van der Waals surface area (Å²) in [5.74, 6) is -0.178. The first-order valence-corrected chi connectivity index (χ1v) is 9.20. The Balaban J connectivity index is 1.89. The molecular formula is C20H29N3O3. The number of amides is 1. The normalized spacial score (nSPS) is 10.9. The van der Waals surface area contributed by atoms with Gasteiger partial charge in [0, 0.05) is 25.3 Å². The molecular weight excluding hydrogens is 330 g/mol. The van der Waals surface area contributed by atoms with Crippen LogP contribution in [0.5, 0.6) is 0 Å². The molecule has 0 aromatic heterocycles. The topological polar surface area (TPSA) is 62.8 Å². The summed E-state index contributed by atoms with van der Waals surface area (Å²) in [6.45, 7) is 9.63. The van der Waals surface area contributed by atoms with Crippen molar-refractivity contribution < 1.29 is 14.5 Å². The van der Waals surface area contributed by atoms with Gasteiger partial charge < -0.3 is 4.90 Å². The van der Waals surface area contributed by atoms with E-state index in [2.05, 4.69) is 54.0 Å². The fourth-order valence-electron chi connectivity index (χ4n) is 2.76. The number of hydroxylamine groups is 2. The molecule has 0 aromatic carbocycles. The number of rotatable bonds is 11. The summed E-state index contributed by atoms with van der Waals surface area (Å²) in [6.07, 6.45) is 0.272. The third-order valence-corrected chi connectivity index (χ3v) is 4.11. The van der Waals surface area contributed by atoms with Crippen molar-refractivity contribution in [1.82, 2.24) is 11.0 Å². The van der Waals surface area contributed by atoms with Crippen LogP contribution in [-0.2, 0) is 20.9 Å². The zero-order valence-corrected chi connectivity index (χ0v) is 15.9. The van der Waals surface area contributed by atoms with Gasteiger partial charge in [-0.15, -0.1) is 0 Å². The fourth-order valence-corrected chi connectivity index (χ4v) is 2.76. The van der Waals surface area contributed by atoms with Crippen molar-refractivity contribution >= 4 is 11.6 Å². The van der Waals surface area contributed by atoms with E-state index in [9.17, 15) is 4.79 Å². The van der Waals surface area contributed by atoms with Gasteiger partial charge in [0.2, 0.25) is 5.91 Å². The van der Waals surface area contributed by atoms with Crippen LogP contribution in [0.1, 0.15) is 26.3 Å². The SMILES string of the molecule is CCNOCCONC(=O)Cc1ccc2cc(N(CC)CC)cc-2cc1. The van der Waals surface area contributed by atoms with Crippen LogP contribution in [-0.4, -0.2) is 38.8 Å². The lowest BCUT2D eigenvalue weighted by Crippen LogP contribution is -2.28. The lowest BCUT2D eigenvalue weighted by Gasteiger charge is -2.18. The zero-order chi connectivity index (χ0) is 18.8. The van der Waals surface area contributed by atoms with Crippen molar-refractivity contribution in [3.8, 4) is 11.1 Å². The van der Waals surface area contributed by atoms with E-state index in [1.54, 1.807) is 0 Å². The molecule has 26 heavy (non-hydrogen) atoms. The Morgan fingerprint density at radius 1 is 0.962 bits per heavy atom. The van der Waals surface area contributed by atoms with Crippen molar-refractivity contribution in [3.05, 3.63) is 42.0 Å². The van der Waals surface area contributed by atoms with Crippen LogP contribution >= 0.6 is 0 Å². The molecule has 6 heteroatoms. The lowest BCUT2D eigenvalue weighted by atomic mass is 10.2. The Kier molecular flexibility index (Phi) is 8.34. The average molecular weight is 359 g/mol. The first kappa shape index (κ1) is 20.2. The maximum absolute atomic E-state index is 12.0. The van der Waals surface area contributed by atoms with Crippen molar-refractivity contribution in [2.24, 2.45) is 0 Å². The number of nitrogens with zero attached hydrogens (tertiary/aromatic N) is 1. The van der Waals surface area contributed by atoms with Gasteiger partial charge in [-0.25, -0.2) is 11.0 Å². The third-order valence-electron chi connectivity index (χ3n) is 4.11. The summed E-state index contributed by atoms with van der Waals surface area (Å²) in [7, 11) is 0. The van der Waals surface area contributed by atoms with E-state index in [-0.39, 0.29) is 12.3 Å². The largest absolute Gasteiger partial charge is 0.372 e. The molecule has 0 saturated heterocycles. The monoisotopic (exact) mass is 359 g/mol. The minimum atomic E-state index is -0.178. The van der Waals surface area contributed by atoms with Crippen LogP contribution in [0.3, 0.4) is 0 Å². The predicted molar refractivity (Wildman–Crippen MR) is 104 cm³/mol. The quantitative estimate of drug-likeness (QED) is 0.477. The number of fused-ring (bicyclic) bond motifs is 1. The van der Waals surface area contributed by atoms with E-state index in [1.165, 1.54) is 16.8 Å². The number of hydrogen-bond donors (Lipinski definition) is 2.